The lowest BCUT2D eigenvalue weighted by molar-refractivity contribution is 0.0203. The molecule has 1 aliphatic rings. The molecule has 2 rings (SSSR count). The van der Waals surface area contributed by atoms with Crippen LogP contribution >= 0.6 is 0 Å². The average molecular weight is 406 g/mol. The van der Waals surface area contributed by atoms with E-state index in [-0.39, 0.29) is 5.41 Å². The van der Waals surface area contributed by atoms with Crippen LogP contribution < -0.4 is 15.4 Å². The second kappa shape index (κ2) is 12.7. The number of rotatable bonds is 11. The van der Waals surface area contributed by atoms with Gasteiger partial charge in [0.15, 0.2) is 5.96 Å². The van der Waals surface area contributed by atoms with E-state index in [9.17, 15) is 0 Å². The van der Waals surface area contributed by atoms with Crippen LogP contribution in [0.25, 0.3) is 0 Å². The minimum atomic E-state index is -0.0796. The maximum atomic E-state index is 5.84. The molecule has 0 radical (unpaired) electrons. The van der Waals surface area contributed by atoms with Crippen LogP contribution in [0.5, 0.6) is 5.75 Å². The van der Waals surface area contributed by atoms with Crippen molar-refractivity contribution < 1.29 is 14.2 Å². The molecule has 0 saturated carbocycles. The molecule has 29 heavy (non-hydrogen) atoms. The van der Waals surface area contributed by atoms with Crippen molar-refractivity contribution in [3.05, 3.63) is 29.8 Å². The maximum Gasteiger partial charge on any atom is 0.191 e. The first-order valence-electron chi connectivity index (χ1n) is 10.9. The molecule has 0 unspecified atom stereocenters. The van der Waals surface area contributed by atoms with Crippen molar-refractivity contribution in [1.82, 2.24) is 10.6 Å². The van der Waals surface area contributed by atoms with Crippen molar-refractivity contribution in [3.63, 3.8) is 0 Å². The van der Waals surface area contributed by atoms with Gasteiger partial charge in [-0.25, -0.2) is 0 Å². The Kier molecular flexibility index (Phi) is 10.3. The number of methoxy groups -OCH3 is 1. The number of nitrogens with zero attached hydrogens (tertiary/aromatic N) is 1. The first-order valence-corrected chi connectivity index (χ1v) is 10.9. The molecule has 1 saturated heterocycles. The Morgan fingerprint density at radius 2 is 2.03 bits per heavy atom. The van der Waals surface area contributed by atoms with Crippen LogP contribution in [0.3, 0.4) is 0 Å². The number of benzene rings is 1. The minimum absolute atomic E-state index is 0.0796. The van der Waals surface area contributed by atoms with Crippen LogP contribution in [0.4, 0.5) is 0 Å². The molecule has 2 N–H and O–H groups in total. The van der Waals surface area contributed by atoms with Crippen LogP contribution in [0, 0.1) is 5.92 Å². The Morgan fingerprint density at radius 1 is 1.24 bits per heavy atom. The van der Waals surface area contributed by atoms with E-state index in [2.05, 4.69) is 43.5 Å². The molecule has 0 atom stereocenters. The van der Waals surface area contributed by atoms with Crippen LogP contribution in [-0.2, 0) is 14.9 Å². The van der Waals surface area contributed by atoms with Gasteiger partial charge in [0.2, 0.25) is 0 Å². The van der Waals surface area contributed by atoms with E-state index in [0.717, 1.165) is 70.5 Å². The van der Waals surface area contributed by atoms with Gasteiger partial charge >= 0.3 is 0 Å². The monoisotopic (exact) mass is 405 g/mol. The average Bonchev–Trinajstić information content (AvgIpc) is 2.75. The summed E-state index contributed by atoms with van der Waals surface area (Å²) in [5.41, 5.74) is 1.14. The molecule has 6 nitrogen and oxygen atoms in total. The van der Waals surface area contributed by atoms with E-state index in [1.807, 2.05) is 12.1 Å². The summed E-state index contributed by atoms with van der Waals surface area (Å²) in [6.45, 7) is 12.3. The van der Waals surface area contributed by atoms with Gasteiger partial charge in [-0.2, -0.15) is 0 Å². The normalized spacial score (nSPS) is 15.9. The van der Waals surface area contributed by atoms with Crippen molar-refractivity contribution in [2.75, 3.05) is 53.2 Å². The van der Waals surface area contributed by atoms with E-state index < -0.39 is 0 Å². The first kappa shape index (κ1) is 23.5. The number of hydrogen-bond acceptors (Lipinski definition) is 4. The Balaban J connectivity index is 1.74. The highest BCUT2D eigenvalue weighted by Crippen LogP contribution is 2.26. The van der Waals surface area contributed by atoms with Gasteiger partial charge in [-0.05, 0) is 49.8 Å². The van der Waals surface area contributed by atoms with Gasteiger partial charge in [0, 0.05) is 44.9 Å². The van der Waals surface area contributed by atoms with Crippen molar-refractivity contribution >= 4 is 5.96 Å². The van der Waals surface area contributed by atoms with Crippen LogP contribution in [0.15, 0.2) is 29.3 Å². The molecule has 1 aliphatic heterocycles. The number of nitrogens with one attached hydrogen (secondary N) is 2. The first-order chi connectivity index (χ1) is 14.0. The van der Waals surface area contributed by atoms with Gasteiger partial charge in [-0.1, -0.05) is 26.0 Å². The summed E-state index contributed by atoms with van der Waals surface area (Å²) in [5.74, 6) is 2.40. The Bertz CT molecular complexity index is 613. The van der Waals surface area contributed by atoms with Crippen molar-refractivity contribution in [2.45, 2.75) is 45.4 Å². The third-order valence-electron chi connectivity index (χ3n) is 5.28. The largest absolute Gasteiger partial charge is 0.497 e. The summed E-state index contributed by atoms with van der Waals surface area (Å²) >= 11 is 0. The lowest BCUT2D eigenvalue weighted by Gasteiger charge is -2.24. The summed E-state index contributed by atoms with van der Waals surface area (Å²) in [4.78, 5) is 4.81. The second-order valence-corrected chi connectivity index (χ2v) is 8.22. The molecule has 0 amide bonds. The van der Waals surface area contributed by atoms with Crippen LogP contribution in [0.2, 0.25) is 0 Å². The van der Waals surface area contributed by atoms with Gasteiger partial charge in [-0.3, -0.25) is 4.99 Å². The molecule has 164 valence electrons. The molecular weight excluding hydrogens is 366 g/mol. The van der Waals surface area contributed by atoms with Crippen molar-refractivity contribution in [1.29, 1.82) is 0 Å². The predicted molar refractivity (Wildman–Crippen MR) is 119 cm³/mol. The van der Waals surface area contributed by atoms with E-state index in [1.54, 1.807) is 7.11 Å². The summed E-state index contributed by atoms with van der Waals surface area (Å²) in [6, 6.07) is 8.22. The molecule has 0 bridgehead atoms. The van der Waals surface area contributed by atoms with E-state index in [0.29, 0.717) is 12.5 Å². The molecule has 1 fully saturated rings. The zero-order chi connectivity index (χ0) is 21.0. The van der Waals surface area contributed by atoms with Gasteiger partial charge in [0.05, 0.1) is 13.7 Å². The lowest BCUT2D eigenvalue weighted by Crippen LogP contribution is -2.39. The lowest BCUT2D eigenvalue weighted by atomic mass is 9.85. The topological polar surface area (TPSA) is 64.1 Å². The SMILES string of the molecule is CCNC(=NCC(C)(C)c1cccc(OC)c1)NCCCOCC1CCOCC1. The molecule has 6 heteroatoms. The molecule has 1 aromatic rings. The Morgan fingerprint density at radius 3 is 2.76 bits per heavy atom. The molecule has 0 spiro atoms. The standard InChI is InChI=1S/C23H39N3O3/c1-5-24-22(25-12-7-13-29-17-19-10-14-28-15-11-19)26-18-23(2,3)20-8-6-9-21(16-20)27-4/h6,8-9,16,19H,5,7,10-15,17-18H2,1-4H3,(H2,24,25,26). The smallest absolute Gasteiger partial charge is 0.191 e. The highest BCUT2D eigenvalue weighted by atomic mass is 16.5. The van der Waals surface area contributed by atoms with Crippen LogP contribution in [-0.4, -0.2) is 59.1 Å². The van der Waals surface area contributed by atoms with Crippen LogP contribution in [0.1, 0.15) is 45.6 Å². The van der Waals surface area contributed by atoms with E-state index in [4.69, 9.17) is 19.2 Å². The maximum absolute atomic E-state index is 5.84. The third-order valence-corrected chi connectivity index (χ3v) is 5.28. The molecule has 0 aliphatic carbocycles. The Hall–Kier alpha value is -1.79. The highest BCUT2D eigenvalue weighted by molar-refractivity contribution is 5.79. The number of guanidine groups is 1. The number of aliphatic imine (C=N–C) groups is 1. The van der Waals surface area contributed by atoms with E-state index >= 15 is 0 Å². The minimum Gasteiger partial charge on any atom is -0.497 e. The zero-order valence-electron chi connectivity index (χ0n) is 18.6. The summed E-state index contributed by atoms with van der Waals surface area (Å²) < 4.78 is 16.6. The van der Waals surface area contributed by atoms with Crippen molar-refractivity contribution in [2.24, 2.45) is 10.9 Å². The van der Waals surface area contributed by atoms with Gasteiger partial charge < -0.3 is 24.8 Å². The molecular formula is C23H39N3O3. The molecule has 0 aromatic heterocycles. The summed E-state index contributed by atoms with van der Waals surface area (Å²) in [5, 5.41) is 6.75. The molecule has 1 heterocycles. The molecule has 1 aromatic carbocycles. The predicted octanol–water partition coefficient (Wildman–Crippen LogP) is 3.36. The fourth-order valence-corrected chi connectivity index (χ4v) is 3.30. The quantitative estimate of drug-likeness (QED) is 0.336. The fraction of sp³-hybridized carbons (Fsp3) is 0.696. The van der Waals surface area contributed by atoms with Crippen molar-refractivity contribution in [3.8, 4) is 5.75 Å². The second-order valence-electron chi connectivity index (χ2n) is 8.22. The Labute approximate surface area is 176 Å². The highest BCUT2D eigenvalue weighted by Gasteiger charge is 2.21. The van der Waals surface area contributed by atoms with Gasteiger partial charge in [-0.15, -0.1) is 0 Å². The third kappa shape index (κ3) is 8.62. The number of ether oxygens (including phenoxy) is 3. The summed E-state index contributed by atoms with van der Waals surface area (Å²) in [7, 11) is 1.70. The summed E-state index contributed by atoms with van der Waals surface area (Å²) in [6.07, 6.45) is 3.21. The fourth-order valence-electron chi connectivity index (χ4n) is 3.30. The zero-order valence-corrected chi connectivity index (χ0v) is 18.6. The van der Waals surface area contributed by atoms with Gasteiger partial charge in [0.25, 0.3) is 0 Å². The van der Waals surface area contributed by atoms with Gasteiger partial charge in [0.1, 0.15) is 5.75 Å². The van der Waals surface area contributed by atoms with E-state index in [1.165, 1.54) is 5.56 Å². The number of hydrogen-bond donors (Lipinski definition) is 2.